The van der Waals surface area contributed by atoms with E-state index in [0.717, 1.165) is 5.56 Å². The lowest BCUT2D eigenvalue weighted by molar-refractivity contribution is 0.304. The molecule has 0 heterocycles. The number of hydrogen-bond donors (Lipinski definition) is 0. The normalized spacial score (nSPS) is 10.8. The molecule has 0 bridgehead atoms. The van der Waals surface area contributed by atoms with Gasteiger partial charge < -0.3 is 4.74 Å². The van der Waals surface area contributed by atoms with Crippen LogP contribution in [0, 0.1) is 17.5 Å². The van der Waals surface area contributed by atoms with E-state index in [1.165, 1.54) is 18.2 Å². The van der Waals surface area contributed by atoms with Crippen molar-refractivity contribution in [1.29, 1.82) is 0 Å². The van der Waals surface area contributed by atoms with E-state index in [-0.39, 0.29) is 10.0 Å². The third-order valence-electron chi connectivity index (χ3n) is 4.73. The van der Waals surface area contributed by atoms with Crippen molar-refractivity contribution in [2.75, 3.05) is 0 Å². The summed E-state index contributed by atoms with van der Waals surface area (Å²) in [6, 6.07) is 23.9. The first kappa shape index (κ1) is 20.2. The van der Waals surface area contributed by atoms with Crippen molar-refractivity contribution in [2.24, 2.45) is 0 Å². The molecule has 0 aromatic heterocycles. The van der Waals surface area contributed by atoms with Gasteiger partial charge in [0.1, 0.15) is 18.2 Å². The zero-order valence-electron chi connectivity index (χ0n) is 15.7. The maximum atomic E-state index is 14.7. The van der Waals surface area contributed by atoms with Gasteiger partial charge in [-0.25, -0.2) is 13.2 Å². The van der Waals surface area contributed by atoms with E-state index in [4.69, 9.17) is 4.74 Å². The molecule has 0 amide bonds. The van der Waals surface area contributed by atoms with Gasteiger partial charge in [-0.15, -0.1) is 0 Å². The third-order valence-corrected chi connectivity index (χ3v) is 5.34. The molecular weight excluding hydrogens is 453 g/mol. The van der Waals surface area contributed by atoms with E-state index >= 15 is 0 Å². The Balaban J connectivity index is 1.54. The number of ether oxygens (including phenoxy) is 1. The van der Waals surface area contributed by atoms with Crippen molar-refractivity contribution in [3.63, 3.8) is 0 Å². The molecule has 0 fully saturated rings. The van der Waals surface area contributed by atoms with Gasteiger partial charge in [0.15, 0.2) is 11.6 Å². The second-order valence-electron chi connectivity index (χ2n) is 6.72. The fraction of sp³-hybridized carbons (Fsp3) is 0.0400. The molecule has 0 radical (unpaired) electrons. The molecule has 0 spiro atoms. The highest BCUT2D eigenvalue weighted by molar-refractivity contribution is 9.10. The largest absolute Gasteiger partial charge is 0.489 e. The Bertz CT molecular complexity index is 1180. The first-order chi connectivity index (χ1) is 14.5. The second-order valence-corrected chi connectivity index (χ2v) is 7.57. The van der Waals surface area contributed by atoms with Gasteiger partial charge >= 0.3 is 0 Å². The van der Waals surface area contributed by atoms with Gasteiger partial charge in [-0.05, 0) is 50.8 Å². The van der Waals surface area contributed by atoms with Crippen LogP contribution in [0.2, 0.25) is 0 Å². The third kappa shape index (κ3) is 4.26. The summed E-state index contributed by atoms with van der Waals surface area (Å²) in [6.07, 6.45) is 0. The molecule has 0 aliphatic carbocycles. The molecular formula is C25H16BrF3O. The molecule has 0 saturated heterocycles. The molecule has 0 aliphatic rings. The summed E-state index contributed by atoms with van der Waals surface area (Å²) < 4.78 is 48.4. The smallest absolute Gasteiger partial charge is 0.173 e. The molecule has 150 valence electrons. The van der Waals surface area contributed by atoms with Crippen molar-refractivity contribution >= 4 is 15.9 Å². The van der Waals surface area contributed by atoms with Crippen molar-refractivity contribution in [3.05, 3.63) is 112 Å². The second kappa shape index (κ2) is 8.76. The summed E-state index contributed by atoms with van der Waals surface area (Å²) in [6.45, 7) is 0.351. The number of rotatable bonds is 5. The molecule has 30 heavy (non-hydrogen) atoms. The van der Waals surface area contributed by atoms with Crippen LogP contribution >= 0.6 is 15.9 Å². The van der Waals surface area contributed by atoms with Crippen LogP contribution in [0.5, 0.6) is 5.75 Å². The van der Waals surface area contributed by atoms with Crippen LogP contribution in [0.15, 0.2) is 89.4 Å². The molecule has 0 unspecified atom stereocenters. The first-order valence-corrected chi connectivity index (χ1v) is 10.0. The Morgan fingerprint density at radius 2 is 1.30 bits per heavy atom. The van der Waals surface area contributed by atoms with Crippen molar-refractivity contribution < 1.29 is 17.9 Å². The summed E-state index contributed by atoms with van der Waals surface area (Å²) in [5.41, 5.74) is 2.67. The maximum absolute atomic E-state index is 14.7. The van der Waals surface area contributed by atoms with Crippen LogP contribution in [-0.2, 0) is 6.61 Å². The molecule has 5 heteroatoms. The topological polar surface area (TPSA) is 9.23 Å². The van der Waals surface area contributed by atoms with Crippen molar-refractivity contribution in [3.8, 4) is 28.0 Å². The molecule has 0 saturated carbocycles. The van der Waals surface area contributed by atoms with Crippen molar-refractivity contribution in [1.82, 2.24) is 0 Å². The lowest BCUT2D eigenvalue weighted by Gasteiger charge is -2.10. The van der Waals surface area contributed by atoms with Crippen LogP contribution in [-0.4, -0.2) is 0 Å². The highest BCUT2D eigenvalue weighted by Gasteiger charge is 2.14. The van der Waals surface area contributed by atoms with E-state index in [1.54, 1.807) is 36.4 Å². The standard InChI is InChI=1S/C25H16BrF3O/c26-22-13-12-21(24(28)25(22)29)18-8-6-17(7-9-18)20-11-10-19(14-23(20)27)30-15-16-4-2-1-3-5-16/h1-14H,15H2. The van der Waals surface area contributed by atoms with E-state index in [1.807, 2.05) is 30.3 Å². The van der Waals surface area contributed by atoms with Gasteiger partial charge in [0, 0.05) is 17.2 Å². The van der Waals surface area contributed by atoms with E-state index in [9.17, 15) is 13.2 Å². The first-order valence-electron chi connectivity index (χ1n) is 9.23. The predicted molar refractivity (Wildman–Crippen MR) is 116 cm³/mol. The van der Waals surface area contributed by atoms with Crippen LogP contribution in [0.25, 0.3) is 22.3 Å². The minimum atomic E-state index is -0.936. The minimum Gasteiger partial charge on any atom is -0.489 e. The van der Waals surface area contributed by atoms with E-state index in [0.29, 0.717) is 29.0 Å². The molecule has 0 aliphatic heterocycles. The predicted octanol–water partition coefficient (Wildman–Crippen LogP) is 7.78. The Morgan fingerprint density at radius 3 is 1.97 bits per heavy atom. The Kier molecular flexibility index (Phi) is 5.91. The summed E-state index contributed by atoms with van der Waals surface area (Å²) >= 11 is 2.97. The van der Waals surface area contributed by atoms with Gasteiger partial charge in [-0.2, -0.15) is 0 Å². The minimum absolute atomic E-state index is 0.0667. The monoisotopic (exact) mass is 468 g/mol. The van der Waals surface area contributed by atoms with Gasteiger partial charge in [0.2, 0.25) is 0 Å². The summed E-state index contributed by atoms with van der Waals surface area (Å²) in [5.74, 6) is -1.85. The van der Waals surface area contributed by atoms with Gasteiger partial charge in [-0.1, -0.05) is 60.7 Å². The van der Waals surface area contributed by atoms with E-state index < -0.39 is 17.5 Å². The number of hydrogen-bond acceptors (Lipinski definition) is 1. The summed E-state index contributed by atoms with van der Waals surface area (Å²) in [4.78, 5) is 0. The van der Waals surface area contributed by atoms with Crippen LogP contribution in [0.4, 0.5) is 13.2 Å². The summed E-state index contributed by atoms with van der Waals surface area (Å²) in [7, 11) is 0. The maximum Gasteiger partial charge on any atom is 0.173 e. The molecule has 0 atom stereocenters. The average Bonchev–Trinajstić information content (AvgIpc) is 2.77. The highest BCUT2D eigenvalue weighted by Crippen LogP contribution is 2.32. The molecule has 4 aromatic rings. The fourth-order valence-corrected chi connectivity index (χ4v) is 3.45. The Morgan fingerprint density at radius 1 is 0.667 bits per heavy atom. The van der Waals surface area contributed by atoms with Crippen LogP contribution < -0.4 is 4.74 Å². The van der Waals surface area contributed by atoms with Gasteiger partial charge in [0.25, 0.3) is 0 Å². The lowest BCUT2D eigenvalue weighted by Crippen LogP contribution is -1.96. The summed E-state index contributed by atoms with van der Waals surface area (Å²) in [5, 5.41) is 0. The van der Waals surface area contributed by atoms with Gasteiger partial charge in [-0.3, -0.25) is 0 Å². The molecule has 4 rings (SSSR count). The van der Waals surface area contributed by atoms with Crippen LogP contribution in [0.1, 0.15) is 5.56 Å². The van der Waals surface area contributed by atoms with E-state index in [2.05, 4.69) is 15.9 Å². The molecule has 0 N–H and O–H groups in total. The number of benzene rings is 4. The average molecular weight is 469 g/mol. The quantitative estimate of drug-likeness (QED) is 0.271. The fourth-order valence-electron chi connectivity index (χ4n) is 3.14. The molecule has 4 aromatic carbocycles. The van der Waals surface area contributed by atoms with Gasteiger partial charge in [0.05, 0.1) is 4.47 Å². The Hall–Kier alpha value is -3.05. The highest BCUT2D eigenvalue weighted by atomic mass is 79.9. The zero-order valence-corrected chi connectivity index (χ0v) is 17.3. The molecule has 1 nitrogen and oxygen atoms in total. The SMILES string of the molecule is Fc1cc(OCc2ccccc2)ccc1-c1ccc(-c2ccc(Br)c(F)c2F)cc1. The van der Waals surface area contributed by atoms with Crippen molar-refractivity contribution in [2.45, 2.75) is 6.61 Å². The zero-order chi connectivity index (χ0) is 21.1. The van der Waals surface area contributed by atoms with Crippen LogP contribution in [0.3, 0.4) is 0 Å². The number of halogens is 4. The lowest BCUT2D eigenvalue weighted by atomic mass is 9.99. The Labute approximate surface area is 180 Å².